The highest BCUT2D eigenvalue weighted by molar-refractivity contribution is 9.10. The van der Waals surface area contributed by atoms with Crippen LogP contribution in [0.25, 0.3) is 22.2 Å². The Morgan fingerprint density at radius 1 is 1.12 bits per heavy atom. The van der Waals surface area contributed by atoms with Crippen molar-refractivity contribution in [3.63, 3.8) is 0 Å². The van der Waals surface area contributed by atoms with E-state index in [0.717, 1.165) is 26.8 Å². The first-order valence-corrected chi connectivity index (χ1v) is 9.01. The summed E-state index contributed by atoms with van der Waals surface area (Å²) in [5, 5.41) is 10.2. The summed E-state index contributed by atoms with van der Waals surface area (Å²) in [5.74, 6) is 0. The number of benzene rings is 1. The molecule has 0 spiro atoms. The molecule has 0 fully saturated rings. The quantitative estimate of drug-likeness (QED) is 0.471. The Balaban J connectivity index is 1.75. The monoisotopic (exact) mass is 395 g/mol. The molecular formula is C19H18BrN5. The maximum absolute atomic E-state index is 4.67. The number of nitrogens with zero attached hydrogens (tertiary/aromatic N) is 5. The van der Waals surface area contributed by atoms with Gasteiger partial charge >= 0.3 is 0 Å². The lowest BCUT2D eigenvalue weighted by atomic mass is 10.2. The largest absolute Gasteiger partial charge is 0.344 e. The van der Waals surface area contributed by atoms with Crippen LogP contribution in [0.1, 0.15) is 25.5 Å². The van der Waals surface area contributed by atoms with E-state index >= 15 is 0 Å². The van der Waals surface area contributed by atoms with Gasteiger partial charge in [-0.1, -0.05) is 30.3 Å². The number of hydrogen-bond donors (Lipinski definition) is 0. The van der Waals surface area contributed by atoms with Gasteiger partial charge in [-0.05, 0) is 41.4 Å². The molecule has 3 aromatic heterocycles. The second kappa shape index (κ2) is 6.44. The van der Waals surface area contributed by atoms with Crippen molar-refractivity contribution in [1.82, 2.24) is 24.5 Å². The number of rotatable bonds is 4. The third-order valence-corrected chi connectivity index (χ3v) is 4.65. The Hall–Kier alpha value is -2.47. The second-order valence-corrected chi connectivity index (χ2v) is 7.13. The fraction of sp³-hybridized carbons (Fsp3) is 0.211. The predicted octanol–water partition coefficient (Wildman–Crippen LogP) is 4.69. The van der Waals surface area contributed by atoms with Crippen molar-refractivity contribution in [3.05, 3.63) is 65.2 Å². The van der Waals surface area contributed by atoms with Gasteiger partial charge in [0.1, 0.15) is 10.3 Å². The van der Waals surface area contributed by atoms with Crippen LogP contribution in [0.15, 0.2) is 59.6 Å². The van der Waals surface area contributed by atoms with Gasteiger partial charge in [0.2, 0.25) is 0 Å². The van der Waals surface area contributed by atoms with E-state index in [-0.39, 0.29) is 0 Å². The summed E-state index contributed by atoms with van der Waals surface area (Å²) in [4.78, 5) is 6.12. The molecule has 5 nitrogen and oxygen atoms in total. The highest BCUT2D eigenvalue weighted by atomic mass is 79.9. The van der Waals surface area contributed by atoms with E-state index in [2.05, 4.69) is 67.9 Å². The van der Waals surface area contributed by atoms with Crippen LogP contribution < -0.4 is 0 Å². The van der Waals surface area contributed by atoms with Crippen LogP contribution in [0, 0.1) is 0 Å². The van der Waals surface area contributed by atoms with E-state index in [4.69, 9.17) is 0 Å². The normalized spacial score (nSPS) is 11.5. The highest BCUT2D eigenvalue weighted by Gasteiger charge is 2.15. The van der Waals surface area contributed by atoms with Gasteiger partial charge in [0.25, 0.3) is 0 Å². The Morgan fingerprint density at radius 3 is 2.68 bits per heavy atom. The fourth-order valence-corrected chi connectivity index (χ4v) is 3.31. The van der Waals surface area contributed by atoms with Crippen LogP contribution in [-0.4, -0.2) is 24.5 Å². The number of pyridine rings is 1. The van der Waals surface area contributed by atoms with Crippen molar-refractivity contribution in [2.75, 3.05) is 0 Å². The summed E-state index contributed by atoms with van der Waals surface area (Å²) in [7, 11) is 0. The minimum absolute atomic E-state index is 0.352. The summed E-state index contributed by atoms with van der Waals surface area (Å²) in [5.41, 5.74) is 4.25. The van der Waals surface area contributed by atoms with Crippen LogP contribution in [0.3, 0.4) is 0 Å². The molecule has 0 aliphatic heterocycles. The van der Waals surface area contributed by atoms with Crippen molar-refractivity contribution in [2.45, 2.75) is 26.4 Å². The SMILES string of the molecule is CC(C)n1cc(-c2cnn(Cc3ccccc3)n2)c2cnc(Br)cc21. The minimum Gasteiger partial charge on any atom is -0.344 e. The first-order valence-electron chi connectivity index (χ1n) is 8.22. The predicted molar refractivity (Wildman–Crippen MR) is 102 cm³/mol. The molecule has 0 amide bonds. The topological polar surface area (TPSA) is 48.5 Å². The molecule has 0 bridgehead atoms. The molecule has 0 radical (unpaired) electrons. The number of fused-ring (bicyclic) bond motifs is 1. The molecule has 0 unspecified atom stereocenters. The summed E-state index contributed by atoms with van der Waals surface area (Å²) >= 11 is 3.47. The second-order valence-electron chi connectivity index (χ2n) is 6.31. The van der Waals surface area contributed by atoms with Crippen LogP contribution in [0.2, 0.25) is 0 Å². The lowest BCUT2D eigenvalue weighted by molar-refractivity contribution is 0.592. The van der Waals surface area contributed by atoms with Crippen molar-refractivity contribution in [1.29, 1.82) is 0 Å². The zero-order chi connectivity index (χ0) is 17.4. The molecule has 0 aliphatic rings. The number of halogens is 1. The Kier molecular flexibility index (Phi) is 4.13. The molecule has 0 atom stereocenters. The first-order chi connectivity index (χ1) is 12.1. The molecule has 4 aromatic rings. The average Bonchev–Trinajstić information content (AvgIpc) is 3.19. The Bertz CT molecular complexity index is 1020. The van der Waals surface area contributed by atoms with Gasteiger partial charge in [-0.3, -0.25) is 0 Å². The van der Waals surface area contributed by atoms with E-state index in [1.807, 2.05) is 36.7 Å². The van der Waals surface area contributed by atoms with E-state index in [9.17, 15) is 0 Å². The molecule has 4 rings (SSSR count). The summed E-state index contributed by atoms with van der Waals surface area (Å²) in [6.07, 6.45) is 5.86. The zero-order valence-electron chi connectivity index (χ0n) is 14.1. The first kappa shape index (κ1) is 16.0. The van der Waals surface area contributed by atoms with Crippen molar-refractivity contribution >= 4 is 26.8 Å². The van der Waals surface area contributed by atoms with Crippen LogP contribution in [0.4, 0.5) is 0 Å². The van der Waals surface area contributed by atoms with Crippen molar-refractivity contribution in [2.24, 2.45) is 0 Å². The summed E-state index contributed by atoms with van der Waals surface area (Å²) in [6, 6.07) is 12.6. The highest BCUT2D eigenvalue weighted by Crippen LogP contribution is 2.32. The van der Waals surface area contributed by atoms with Gasteiger partial charge in [0.05, 0.1) is 18.3 Å². The molecule has 0 aliphatic carbocycles. The molecule has 126 valence electrons. The average molecular weight is 396 g/mol. The molecule has 0 saturated heterocycles. The van der Waals surface area contributed by atoms with Gasteiger partial charge in [-0.2, -0.15) is 15.0 Å². The van der Waals surface area contributed by atoms with Crippen LogP contribution in [0.5, 0.6) is 0 Å². The maximum atomic E-state index is 4.67. The number of aromatic nitrogens is 5. The molecule has 0 N–H and O–H groups in total. The molecule has 3 heterocycles. The van der Waals surface area contributed by atoms with Gasteiger partial charge in [-0.15, -0.1) is 0 Å². The minimum atomic E-state index is 0.352. The zero-order valence-corrected chi connectivity index (χ0v) is 15.7. The Morgan fingerprint density at radius 2 is 1.92 bits per heavy atom. The maximum Gasteiger partial charge on any atom is 0.115 e. The number of hydrogen-bond acceptors (Lipinski definition) is 3. The van der Waals surface area contributed by atoms with E-state index in [1.165, 1.54) is 5.56 Å². The smallest absolute Gasteiger partial charge is 0.115 e. The molecule has 6 heteroatoms. The van der Waals surface area contributed by atoms with Gasteiger partial charge in [-0.25, -0.2) is 4.98 Å². The lowest BCUT2D eigenvalue weighted by Gasteiger charge is -2.08. The van der Waals surface area contributed by atoms with E-state index in [0.29, 0.717) is 12.6 Å². The third kappa shape index (κ3) is 3.09. The lowest BCUT2D eigenvalue weighted by Crippen LogP contribution is -2.03. The van der Waals surface area contributed by atoms with Crippen LogP contribution in [-0.2, 0) is 6.54 Å². The van der Waals surface area contributed by atoms with Crippen LogP contribution >= 0.6 is 15.9 Å². The van der Waals surface area contributed by atoms with Crippen molar-refractivity contribution < 1.29 is 0 Å². The summed E-state index contributed by atoms with van der Waals surface area (Å²) < 4.78 is 3.08. The molecule has 0 saturated carbocycles. The fourth-order valence-electron chi connectivity index (χ4n) is 2.99. The standard InChI is InChI=1S/C19H18BrN5/c1-13(2)24-12-16(15-9-21-19(20)8-18(15)24)17-10-22-25(23-17)11-14-6-4-3-5-7-14/h3-10,12-13H,11H2,1-2H3. The molecular weight excluding hydrogens is 378 g/mol. The molecule has 25 heavy (non-hydrogen) atoms. The van der Waals surface area contributed by atoms with Gasteiger partial charge < -0.3 is 4.57 Å². The van der Waals surface area contributed by atoms with Gasteiger partial charge in [0.15, 0.2) is 0 Å². The van der Waals surface area contributed by atoms with E-state index < -0.39 is 0 Å². The Labute approximate surface area is 154 Å². The third-order valence-electron chi connectivity index (χ3n) is 4.22. The van der Waals surface area contributed by atoms with Gasteiger partial charge in [0, 0.05) is 29.4 Å². The van der Waals surface area contributed by atoms with Crippen molar-refractivity contribution in [3.8, 4) is 11.3 Å². The molecule has 1 aromatic carbocycles. The summed E-state index contributed by atoms with van der Waals surface area (Å²) in [6.45, 7) is 5.00. The van der Waals surface area contributed by atoms with E-state index in [1.54, 1.807) is 4.80 Å².